The first-order valence-electron chi connectivity index (χ1n) is 11.3. The third-order valence-corrected chi connectivity index (χ3v) is 6.41. The van der Waals surface area contributed by atoms with Crippen LogP contribution in [0.25, 0.3) is 0 Å². The summed E-state index contributed by atoms with van der Waals surface area (Å²) >= 11 is 0. The minimum absolute atomic E-state index is 0.427. The first-order valence-corrected chi connectivity index (χ1v) is 11.3. The van der Waals surface area contributed by atoms with Crippen molar-refractivity contribution in [1.29, 1.82) is 0 Å². The van der Waals surface area contributed by atoms with E-state index in [2.05, 4.69) is 63.6 Å². The van der Waals surface area contributed by atoms with Gasteiger partial charge in [-0.15, -0.1) is 0 Å². The van der Waals surface area contributed by atoms with Crippen LogP contribution in [-0.4, -0.2) is 44.7 Å². The first kappa shape index (κ1) is 20.2. The highest BCUT2D eigenvalue weighted by molar-refractivity contribution is 5.47. The first-order chi connectivity index (χ1) is 14.3. The molecule has 1 atom stereocenters. The highest BCUT2D eigenvalue weighted by Gasteiger charge is 2.23. The Morgan fingerprint density at radius 3 is 2.14 bits per heavy atom. The van der Waals surface area contributed by atoms with E-state index in [-0.39, 0.29) is 0 Å². The molecule has 2 aromatic rings. The number of piperidine rings is 1. The molecule has 0 aromatic heterocycles. The lowest BCUT2D eigenvalue weighted by molar-refractivity contribution is 0.238. The molecule has 0 spiro atoms. The summed E-state index contributed by atoms with van der Waals surface area (Å²) in [6.45, 7) is 6.70. The van der Waals surface area contributed by atoms with Crippen LogP contribution in [0.4, 0.5) is 5.69 Å². The van der Waals surface area contributed by atoms with Gasteiger partial charge in [-0.25, -0.2) is 0 Å². The third kappa shape index (κ3) is 5.31. The number of hydrogen-bond donors (Lipinski definition) is 1. The average Bonchev–Trinajstić information content (AvgIpc) is 3.32. The summed E-state index contributed by atoms with van der Waals surface area (Å²) in [6.07, 6.45) is 6.65. The monoisotopic (exact) mass is 393 g/mol. The molecule has 2 fully saturated rings. The molecule has 4 rings (SSSR count). The van der Waals surface area contributed by atoms with Crippen LogP contribution in [0.1, 0.15) is 49.3 Å². The molecule has 2 heterocycles. The number of anilines is 1. The number of rotatable bonds is 8. The van der Waals surface area contributed by atoms with Gasteiger partial charge in [0.1, 0.15) is 5.75 Å². The van der Waals surface area contributed by atoms with Gasteiger partial charge in [0, 0.05) is 37.9 Å². The number of benzene rings is 2. The van der Waals surface area contributed by atoms with Gasteiger partial charge in [-0.3, -0.25) is 4.90 Å². The van der Waals surface area contributed by atoms with Gasteiger partial charge in [-0.1, -0.05) is 24.3 Å². The highest BCUT2D eigenvalue weighted by atomic mass is 16.5. The molecule has 156 valence electrons. The molecule has 1 unspecified atom stereocenters. The van der Waals surface area contributed by atoms with Crippen LogP contribution in [0.2, 0.25) is 0 Å². The van der Waals surface area contributed by atoms with Gasteiger partial charge in [0.15, 0.2) is 0 Å². The molecule has 4 heteroatoms. The fraction of sp³-hybridized carbons (Fsp3) is 0.520. The predicted octanol–water partition coefficient (Wildman–Crippen LogP) is 4.61. The zero-order valence-corrected chi connectivity index (χ0v) is 17.8. The molecular formula is C25H35N3O. The largest absolute Gasteiger partial charge is 0.497 e. The molecule has 2 aromatic carbocycles. The highest BCUT2D eigenvalue weighted by Crippen LogP contribution is 2.26. The number of ether oxygens (including phenoxy) is 1. The smallest absolute Gasteiger partial charge is 0.118 e. The van der Waals surface area contributed by atoms with E-state index in [0.29, 0.717) is 6.04 Å². The van der Waals surface area contributed by atoms with E-state index in [1.165, 1.54) is 75.1 Å². The summed E-state index contributed by atoms with van der Waals surface area (Å²) < 4.78 is 5.33. The van der Waals surface area contributed by atoms with Crippen LogP contribution in [0, 0.1) is 0 Å². The zero-order chi connectivity index (χ0) is 19.9. The molecule has 2 aliphatic heterocycles. The lowest BCUT2D eigenvalue weighted by Crippen LogP contribution is -2.34. The maximum Gasteiger partial charge on any atom is 0.118 e. The van der Waals surface area contributed by atoms with Crippen molar-refractivity contribution in [3.63, 3.8) is 0 Å². The van der Waals surface area contributed by atoms with Crippen molar-refractivity contribution in [3.05, 3.63) is 59.7 Å². The van der Waals surface area contributed by atoms with Gasteiger partial charge in [0.25, 0.3) is 0 Å². The van der Waals surface area contributed by atoms with Crippen LogP contribution in [0.15, 0.2) is 48.5 Å². The Hall–Kier alpha value is -2.04. The molecule has 0 amide bonds. The lowest BCUT2D eigenvalue weighted by Gasteiger charge is -2.29. The van der Waals surface area contributed by atoms with Gasteiger partial charge in [0.05, 0.1) is 7.11 Å². The number of methoxy groups -OCH3 is 1. The maximum atomic E-state index is 5.33. The Kier molecular flexibility index (Phi) is 7.07. The summed E-state index contributed by atoms with van der Waals surface area (Å²) in [5.74, 6) is 0.927. The van der Waals surface area contributed by atoms with Gasteiger partial charge >= 0.3 is 0 Å². The van der Waals surface area contributed by atoms with E-state index < -0.39 is 0 Å². The SMILES string of the molecule is COc1ccc(C(CNCc2ccc(N3CCCCC3)cc2)N2CCCC2)cc1. The van der Waals surface area contributed by atoms with Crippen molar-refractivity contribution in [2.45, 2.75) is 44.7 Å². The Bertz CT molecular complexity index is 732. The van der Waals surface area contributed by atoms with E-state index in [0.717, 1.165) is 18.8 Å². The van der Waals surface area contributed by atoms with Crippen LogP contribution in [-0.2, 0) is 6.54 Å². The summed E-state index contributed by atoms with van der Waals surface area (Å²) in [5.41, 5.74) is 4.11. The van der Waals surface area contributed by atoms with Gasteiger partial charge in [-0.05, 0) is 80.6 Å². The van der Waals surface area contributed by atoms with Crippen LogP contribution in [0.3, 0.4) is 0 Å². The van der Waals surface area contributed by atoms with Crippen LogP contribution >= 0.6 is 0 Å². The average molecular weight is 394 g/mol. The van der Waals surface area contributed by atoms with Crippen molar-refractivity contribution < 1.29 is 4.74 Å². The molecular weight excluding hydrogens is 358 g/mol. The second kappa shape index (κ2) is 10.1. The second-order valence-corrected chi connectivity index (χ2v) is 8.38. The minimum atomic E-state index is 0.427. The van der Waals surface area contributed by atoms with E-state index in [1.54, 1.807) is 7.11 Å². The van der Waals surface area contributed by atoms with Crippen LogP contribution in [0.5, 0.6) is 5.75 Å². The molecule has 29 heavy (non-hydrogen) atoms. The Balaban J connectivity index is 1.34. The van der Waals surface area contributed by atoms with Gasteiger partial charge in [0.2, 0.25) is 0 Å². The molecule has 2 saturated heterocycles. The summed E-state index contributed by atoms with van der Waals surface area (Å²) in [5, 5.41) is 3.72. The maximum absolute atomic E-state index is 5.33. The molecule has 0 bridgehead atoms. The van der Waals surface area contributed by atoms with Crippen molar-refractivity contribution >= 4 is 5.69 Å². The summed E-state index contributed by atoms with van der Waals surface area (Å²) in [6, 6.07) is 18.2. The standard InChI is InChI=1S/C25H35N3O/c1-29-24-13-9-22(10-14-24)25(28-17-5-6-18-28)20-26-19-21-7-11-23(12-8-21)27-15-3-2-4-16-27/h7-14,25-26H,2-6,15-20H2,1H3. The normalized spacial score (nSPS) is 18.7. The van der Waals surface area contributed by atoms with Crippen LogP contribution < -0.4 is 15.0 Å². The van der Waals surface area contributed by atoms with E-state index in [9.17, 15) is 0 Å². The van der Waals surface area contributed by atoms with Gasteiger partial charge in [-0.2, -0.15) is 0 Å². The quantitative estimate of drug-likeness (QED) is 0.709. The Morgan fingerprint density at radius 2 is 1.48 bits per heavy atom. The molecule has 4 nitrogen and oxygen atoms in total. The van der Waals surface area contributed by atoms with Crippen molar-refractivity contribution in [2.75, 3.05) is 44.7 Å². The van der Waals surface area contributed by atoms with Gasteiger partial charge < -0.3 is 15.0 Å². The summed E-state index contributed by atoms with van der Waals surface area (Å²) in [7, 11) is 1.73. The fourth-order valence-corrected chi connectivity index (χ4v) is 4.67. The molecule has 1 N–H and O–H groups in total. The molecule has 0 saturated carbocycles. The topological polar surface area (TPSA) is 27.7 Å². The van der Waals surface area contributed by atoms with E-state index in [1.807, 2.05) is 0 Å². The van der Waals surface area contributed by atoms with Crippen molar-refractivity contribution in [3.8, 4) is 5.75 Å². The van der Waals surface area contributed by atoms with Crippen molar-refractivity contribution in [2.24, 2.45) is 0 Å². The Labute approximate surface area is 175 Å². The fourth-order valence-electron chi connectivity index (χ4n) is 4.67. The second-order valence-electron chi connectivity index (χ2n) is 8.38. The predicted molar refractivity (Wildman–Crippen MR) is 121 cm³/mol. The number of nitrogens with one attached hydrogen (secondary N) is 1. The summed E-state index contributed by atoms with van der Waals surface area (Å²) in [4.78, 5) is 5.14. The van der Waals surface area contributed by atoms with E-state index >= 15 is 0 Å². The van der Waals surface area contributed by atoms with Crippen molar-refractivity contribution in [1.82, 2.24) is 10.2 Å². The molecule has 0 radical (unpaired) electrons. The number of hydrogen-bond acceptors (Lipinski definition) is 4. The Morgan fingerprint density at radius 1 is 0.828 bits per heavy atom. The lowest BCUT2D eigenvalue weighted by atomic mass is 10.0. The minimum Gasteiger partial charge on any atom is -0.497 e. The van der Waals surface area contributed by atoms with E-state index in [4.69, 9.17) is 4.74 Å². The number of nitrogens with zero attached hydrogens (tertiary/aromatic N) is 2. The zero-order valence-electron chi connectivity index (χ0n) is 17.8. The number of likely N-dealkylation sites (tertiary alicyclic amines) is 1. The molecule has 2 aliphatic rings. The molecule has 0 aliphatic carbocycles. The third-order valence-electron chi connectivity index (χ3n) is 6.41.